The van der Waals surface area contributed by atoms with Crippen LogP contribution in [0.1, 0.15) is 6.92 Å². The van der Waals surface area contributed by atoms with Crippen LogP contribution >= 0.6 is 0 Å². The molecule has 1 N–H and O–H groups in total. The highest BCUT2D eigenvalue weighted by Crippen LogP contribution is 2.21. The van der Waals surface area contributed by atoms with Gasteiger partial charge in [0.1, 0.15) is 6.26 Å². The Hall–Kier alpha value is -2.46. The summed E-state index contributed by atoms with van der Waals surface area (Å²) in [6, 6.07) is 0. The first kappa shape index (κ1) is 13.2. The standard InChI is InChI=1S/C12H11N7O2S/c1-3-18-9-6(5-14-18)8-7(4-13-9)10(20)15-11-16-12(22(2)21)17-19(8)11/h4-5H,3H2,1-2H3,(H,15,16,17,20). The Labute approximate surface area is 126 Å². The molecule has 10 heteroatoms. The molecule has 4 aromatic rings. The van der Waals surface area contributed by atoms with Crippen molar-refractivity contribution in [1.29, 1.82) is 0 Å². The van der Waals surface area contributed by atoms with E-state index in [0.717, 1.165) is 0 Å². The van der Waals surface area contributed by atoms with Gasteiger partial charge in [0.2, 0.25) is 5.78 Å². The lowest BCUT2D eigenvalue weighted by Gasteiger charge is -2.02. The molecule has 9 nitrogen and oxygen atoms in total. The summed E-state index contributed by atoms with van der Waals surface area (Å²) in [7, 11) is 0. The fourth-order valence-corrected chi connectivity index (χ4v) is 2.87. The van der Waals surface area contributed by atoms with Crippen LogP contribution in [0.15, 0.2) is 22.3 Å². The van der Waals surface area contributed by atoms with Crippen molar-refractivity contribution in [2.24, 2.45) is 0 Å². The highest BCUT2D eigenvalue weighted by Gasteiger charge is 2.19. The maximum atomic E-state index is 12.2. The molecule has 0 spiro atoms. The fraction of sp³-hybridized carbons (Fsp3) is 0.250. The first-order valence-corrected chi connectivity index (χ1v) is 8.12. The largest absolute Gasteiger partial charge is 0.609 e. The second kappa shape index (κ2) is 4.52. The van der Waals surface area contributed by atoms with Crippen molar-refractivity contribution in [2.45, 2.75) is 18.6 Å². The first-order chi connectivity index (χ1) is 10.6. The lowest BCUT2D eigenvalue weighted by atomic mass is 10.2. The van der Waals surface area contributed by atoms with Gasteiger partial charge in [0.05, 0.1) is 22.5 Å². The normalized spacial score (nSPS) is 13.4. The molecule has 0 aliphatic carbocycles. The zero-order chi connectivity index (χ0) is 15.4. The fourth-order valence-electron chi connectivity index (χ4n) is 2.46. The van der Waals surface area contributed by atoms with Crippen molar-refractivity contribution in [3.8, 4) is 0 Å². The molecule has 0 aliphatic heterocycles. The second-order valence-electron chi connectivity index (χ2n) is 4.76. The zero-order valence-electron chi connectivity index (χ0n) is 11.8. The number of nitrogens with zero attached hydrogens (tertiary/aromatic N) is 6. The molecule has 1 atom stereocenters. The number of hydrogen-bond acceptors (Lipinski definition) is 6. The molecule has 0 radical (unpaired) electrons. The molecule has 4 aromatic heterocycles. The van der Waals surface area contributed by atoms with Crippen molar-refractivity contribution < 1.29 is 4.55 Å². The van der Waals surface area contributed by atoms with E-state index in [1.807, 2.05) is 6.92 Å². The smallest absolute Gasteiger partial charge is 0.363 e. The van der Waals surface area contributed by atoms with E-state index >= 15 is 0 Å². The third-order valence-corrected chi connectivity index (χ3v) is 4.15. The Balaban J connectivity index is 2.25. The van der Waals surface area contributed by atoms with Crippen LogP contribution in [0.3, 0.4) is 0 Å². The second-order valence-corrected chi connectivity index (χ2v) is 6.03. The van der Waals surface area contributed by atoms with Gasteiger partial charge in [-0.2, -0.15) is 9.61 Å². The molecule has 0 amide bonds. The van der Waals surface area contributed by atoms with Gasteiger partial charge >= 0.3 is 5.16 Å². The van der Waals surface area contributed by atoms with Crippen molar-refractivity contribution in [1.82, 2.24) is 34.3 Å². The minimum absolute atomic E-state index is 0.163. The number of pyridine rings is 1. The highest BCUT2D eigenvalue weighted by atomic mass is 32.2. The van der Waals surface area contributed by atoms with Crippen LogP contribution in [-0.4, -0.2) is 45.2 Å². The maximum absolute atomic E-state index is 12.2. The summed E-state index contributed by atoms with van der Waals surface area (Å²) >= 11 is -1.34. The van der Waals surface area contributed by atoms with Crippen LogP contribution in [0.5, 0.6) is 0 Å². The molecule has 112 valence electrons. The van der Waals surface area contributed by atoms with Crippen LogP contribution in [-0.2, 0) is 17.7 Å². The van der Waals surface area contributed by atoms with E-state index in [1.165, 1.54) is 17.0 Å². The summed E-state index contributed by atoms with van der Waals surface area (Å²) in [6.45, 7) is 2.62. The van der Waals surface area contributed by atoms with Gasteiger partial charge in [0.15, 0.2) is 5.65 Å². The van der Waals surface area contributed by atoms with Gasteiger partial charge in [-0.1, -0.05) is 5.10 Å². The Morgan fingerprint density at radius 1 is 1.36 bits per heavy atom. The zero-order valence-corrected chi connectivity index (χ0v) is 12.6. The van der Waals surface area contributed by atoms with E-state index in [2.05, 4.69) is 25.1 Å². The Kier molecular flexibility index (Phi) is 2.71. The molecule has 4 heterocycles. The summed E-state index contributed by atoms with van der Waals surface area (Å²) in [4.78, 5) is 23.3. The molecule has 0 bridgehead atoms. The third-order valence-electron chi connectivity index (χ3n) is 3.46. The molecular formula is C12H11N7O2S. The number of aromatic nitrogens is 7. The quantitative estimate of drug-likeness (QED) is 0.523. The Bertz CT molecular complexity index is 1080. The van der Waals surface area contributed by atoms with Gasteiger partial charge in [0, 0.05) is 23.9 Å². The van der Waals surface area contributed by atoms with Gasteiger partial charge in [-0.15, -0.1) is 4.98 Å². The van der Waals surface area contributed by atoms with Gasteiger partial charge in [-0.3, -0.25) is 9.78 Å². The minimum Gasteiger partial charge on any atom is -0.609 e. The molecule has 22 heavy (non-hydrogen) atoms. The Morgan fingerprint density at radius 3 is 2.91 bits per heavy atom. The molecule has 4 rings (SSSR count). The van der Waals surface area contributed by atoms with Crippen LogP contribution < -0.4 is 5.56 Å². The van der Waals surface area contributed by atoms with Crippen molar-refractivity contribution >= 4 is 38.9 Å². The number of nitrogens with one attached hydrogen (secondary N) is 1. The van der Waals surface area contributed by atoms with Crippen LogP contribution in [0.2, 0.25) is 0 Å². The van der Waals surface area contributed by atoms with E-state index < -0.39 is 11.2 Å². The first-order valence-electron chi connectivity index (χ1n) is 6.57. The van der Waals surface area contributed by atoms with E-state index in [-0.39, 0.29) is 16.5 Å². The van der Waals surface area contributed by atoms with Gasteiger partial charge in [-0.25, -0.2) is 9.67 Å². The number of fused-ring (bicyclic) bond motifs is 5. The average Bonchev–Trinajstić information content (AvgIpc) is 3.09. The van der Waals surface area contributed by atoms with Crippen LogP contribution in [0, 0.1) is 0 Å². The minimum atomic E-state index is -1.34. The number of aryl methyl sites for hydroxylation is 1. The van der Waals surface area contributed by atoms with E-state index in [1.54, 1.807) is 10.9 Å². The molecule has 0 aromatic carbocycles. The monoisotopic (exact) mass is 317 g/mol. The summed E-state index contributed by atoms with van der Waals surface area (Å²) in [5.74, 6) is 0.249. The molecule has 0 fully saturated rings. The average molecular weight is 317 g/mol. The van der Waals surface area contributed by atoms with Crippen LogP contribution in [0.4, 0.5) is 0 Å². The number of rotatable bonds is 2. The van der Waals surface area contributed by atoms with Crippen molar-refractivity contribution in [3.63, 3.8) is 0 Å². The van der Waals surface area contributed by atoms with E-state index in [9.17, 15) is 9.35 Å². The summed E-state index contributed by atoms with van der Waals surface area (Å²) < 4.78 is 14.8. The molecule has 0 saturated heterocycles. The predicted molar refractivity (Wildman–Crippen MR) is 80.2 cm³/mol. The van der Waals surface area contributed by atoms with Crippen molar-refractivity contribution in [3.05, 3.63) is 22.7 Å². The molecule has 0 saturated carbocycles. The lowest BCUT2D eigenvalue weighted by molar-refractivity contribution is 0.592. The molecule has 1 unspecified atom stereocenters. The van der Waals surface area contributed by atoms with Crippen LogP contribution in [0.25, 0.3) is 27.7 Å². The number of aromatic amines is 1. The number of hydrogen-bond donors (Lipinski definition) is 1. The van der Waals surface area contributed by atoms with Gasteiger partial charge in [0.25, 0.3) is 5.56 Å². The summed E-state index contributed by atoms with van der Waals surface area (Å²) in [6.07, 6.45) is 4.63. The Morgan fingerprint density at radius 2 is 2.18 bits per heavy atom. The van der Waals surface area contributed by atoms with E-state index in [0.29, 0.717) is 28.5 Å². The topological polar surface area (TPSA) is 117 Å². The van der Waals surface area contributed by atoms with Crippen molar-refractivity contribution in [2.75, 3.05) is 6.26 Å². The predicted octanol–water partition coefficient (Wildman–Crippen LogP) is 0.0728. The van der Waals surface area contributed by atoms with Gasteiger partial charge in [-0.05, 0) is 6.92 Å². The highest BCUT2D eigenvalue weighted by molar-refractivity contribution is 7.90. The summed E-state index contributed by atoms with van der Waals surface area (Å²) in [5, 5.41) is 9.75. The maximum Gasteiger partial charge on any atom is 0.363 e. The lowest BCUT2D eigenvalue weighted by Crippen LogP contribution is -2.11. The third kappa shape index (κ3) is 1.67. The SMILES string of the molecule is CCn1ncc2c1ncc1c(=O)[nH]c3nc([S+](C)[O-])nn3c12. The van der Waals surface area contributed by atoms with E-state index in [4.69, 9.17) is 0 Å². The molecular weight excluding hydrogens is 306 g/mol. The summed E-state index contributed by atoms with van der Waals surface area (Å²) in [5.41, 5.74) is 0.909. The molecule has 0 aliphatic rings. The number of H-pyrrole nitrogens is 1. The van der Waals surface area contributed by atoms with Gasteiger partial charge < -0.3 is 4.55 Å².